The van der Waals surface area contributed by atoms with Crippen molar-refractivity contribution in [3.63, 3.8) is 0 Å². The maximum absolute atomic E-state index is 13.8. The van der Waals surface area contributed by atoms with Gasteiger partial charge in [-0.15, -0.1) is 10.2 Å². The first-order valence-corrected chi connectivity index (χ1v) is 11.0. The Morgan fingerprint density at radius 2 is 2.10 bits per heavy atom. The van der Waals surface area contributed by atoms with Crippen LogP contribution < -0.4 is 5.32 Å². The summed E-state index contributed by atoms with van der Waals surface area (Å²) in [4.78, 5) is 26.5. The monoisotopic (exact) mass is 450 g/mol. The van der Waals surface area contributed by atoms with Crippen molar-refractivity contribution < 1.29 is 14.0 Å². The highest BCUT2D eigenvalue weighted by Crippen LogP contribution is 2.33. The second-order valence-electron chi connectivity index (χ2n) is 6.75. The number of amides is 2. The molecular formula is C19H19FN4O2S3. The number of thioether (sulfide) groups is 1. The summed E-state index contributed by atoms with van der Waals surface area (Å²) in [6, 6.07) is 6.20. The van der Waals surface area contributed by atoms with Crippen LogP contribution in [0.25, 0.3) is 6.08 Å². The Hall–Kier alpha value is -2.17. The molecule has 3 rings (SSSR count). The number of carbonyl (C=O) groups excluding carboxylic acids is 2. The summed E-state index contributed by atoms with van der Waals surface area (Å²) in [6.45, 7) is 4.31. The summed E-state index contributed by atoms with van der Waals surface area (Å²) < 4.78 is 14.2. The van der Waals surface area contributed by atoms with Crippen LogP contribution in [0.4, 0.5) is 9.52 Å². The van der Waals surface area contributed by atoms with Gasteiger partial charge in [-0.3, -0.25) is 14.5 Å². The van der Waals surface area contributed by atoms with Crippen LogP contribution >= 0.6 is 35.3 Å². The topological polar surface area (TPSA) is 75.2 Å². The number of carbonyl (C=O) groups is 2. The number of thiocarbonyl (C=S) groups is 1. The van der Waals surface area contributed by atoms with Gasteiger partial charge in [0.05, 0.1) is 4.91 Å². The quantitative estimate of drug-likeness (QED) is 0.506. The third-order valence-electron chi connectivity index (χ3n) is 3.92. The molecule has 29 heavy (non-hydrogen) atoms. The van der Waals surface area contributed by atoms with Crippen LogP contribution in [0.15, 0.2) is 29.2 Å². The van der Waals surface area contributed by atoms with Gasteiger partial charge in [0, 0.05) is 24.9 Å². The normalized spacial score (nSPS) is 15.6. The third kappa shape index (κ3) is 5.68. The van der Waals surface area contributed by atoms with Crippen molar-refractivity contribution in [2.45, 2.75) is 26.7 Å². The molecule has 0 atom stereocenters. The van der Waals surface area contributed by atoms with Crippen molar-refractivity contribution in [3.05, 3.63) is 45.6 Å². The molecule has 1 saturated heterocycles. The standard InChI is InChI=1S/C19H19FN4O2S3/c1-11(2)9-16-22-23-18(29-16)21-15(25)7-8-24-17(26)14(28-19(24)27)10-12-5-3-4-6-13(12)20/h3-6,10-11H,7-9H2,1-2H3,(H,21,23,25). The lowest BCUT2D eigenvalue weighted by atomic mass is 10.1. The lowest BCUT2D eigenvalue weighted by Crippen LogP contribution is -2.31. The smallest absolute Gasteiger partial charge is 0.266 e. The molecule has 0 saturated carbocycles. The molecule has 1 N–H and O–H groups in total. The molecule has 10 heteroatoms. The highest BCUT2D eigenvalue weighted by atomic mass is 32.2. The number of halogens is 1. The third-order valence-corrected chi connectivity index (χ3v) is 6.16. The van der Waals surface area contributed by atoms with Gasteiger partial charge in [0.2, 0.25) is 11.0 Å². The number of anilines is 1. The fraction of sp³-hybridized carbons (Fsp3) is 0.316. The van der Waals surface area contributed by atoms with Gasteiger partial charge in [-0.2, -0.15) is 0 Å². The van der Waals surface area contributed by atoms with Crippen LogP contribution in [0, 0.1) is 11.7 Å². The molecule has 0 spiro atoms. The van der Waals surface area contributed by atoms with Gasteiger partial charge in [0.25, 0.3) is 5.91 Å². The Morgan fingerprint density at radius 3 is 2.83 bits per heavy atom. The number of hydrogen-bond donors (Lipinski definition) is 1. The van der Waals surface area contributed by atoms with Crippen molar-refractivity contribution in [3.8, 4) is 0 Å². The molecule has 0 aliphatic carbocycles. The Balaban J connectivity index is 1.57. The van der Waals surface area contributed by atoms with Gasteiger partial charge < -0.3 is 5.32 Å². The Labute approximate surface area is 181 Å². The molecule has 0 bridgehead atoms. The molecule has 1 aromatic carbocycles. The molecule has 2 amide bonds. The van der Waals surface area contributed by atoms with Crippen LogP contribution in [0.3, 0.4) is 0 Å². The van der Waals surface area contributed by atoms with Gasteiger partial charge >= 0.3 is 0 Å². The number of rotatable bonds is 7. The molecule has 1 aromatic heterocycles. The highest BCUT2D eigenvalue weighted by molar-refractivity contribution is 8.26. The summed E-state index contributed by atoms with van der Waals surface area (Å²) in [7, 11) is 0. The zero-order chi connectivity index (χ0) is 21.0. The number of benzene rings is 1. The van der Waals surface area contributed by atoms with Gasteiger partial charge in [-0.1, -0.05) is 67.4 Å². The van der Waals surface area contributed by atoms with E-state index >= 15 is 0 Å². The first-order valence-electron chi connectivity index (χ1n) is 8.95. The first-order chi connectivity index (χ1) is 13.8. The maximum atomic E-state index is 13.8. The first kappa shape index (κ1) is 21.5. The van der Waals surface area contributed by atoms with E-state index in [2.05, 4.69) is 29.4 Å². The second kappa shape index (κ2) is 9.55. The fourth-order valence-corrected chi connectivity index (χ4v) is 4.82. The fourth-order valence-electron chi connectivity index (χ4n) is 2.56. The predicted molar refractivity (Wildman–Crippen MR) is 118 cm³/mol. The van der Waals surface area contributed by atoms with E-state index in [1.165, 1.54) is 28.4 Å². The second-order valence-corrected chi connectivity index (χ2v) is 9.49. The maximum Gasteiger partial charge on any atom is 0.266 e. The molecule has 1 fully saturated rings. The molecular weight excluding hydrogens is 431 g/mol. The van der Waals surface area contributed by atoms with Crippen molar-refractivity contribution in [1.29, 1.82) is 0 Å². The molecule has 2 heterocycles. The number of hydrogen-bond acceptors (Lipinski definition) is 7. The van der Waals surface area contributed by atoms with E-state index in [1.807, 2.05) is 0 Å². The lowest BCUT2D eigenvalue weighted by molar-refractivity contribution is -0.122. The Kier molecular flexibility index (Phi) is 7.09. The summed E-state index contributed by atoms with van der Waals surface area (Å²) >= 11 is 7.69. The SMILES string of the molecule is CC(C)Cc1nnc(NC(=O)CCN2C(=O)C(=Cc3ccccc3F)SC2=S)s1. The van der Waals surface area contributed by atoms with Crippen LogP contribution in [0.2, 0.25) is 0 Å². The average Bonchev–Trinajstić information content (AvgIpc) is 3.19. The summed E-state index contributed by atoms with van der Waals surface area (Å²) in [5.41, 5.74) is 0.319. The van der Waals surface area contributed by atoms with E-state index in [0.717, 1.165) is 23.2 Å². The van der Waals surface area contributed by atoms with E-state index in [4.69, 9.17) is 12.2 Å². The van der Waals surface area contributed by atoms with Crippen molar-refractivity contribution in [1.82, 2.24) is 15.1 Å². The van der Waals surface area contributed by atoms with Crippen LogP contribution in [-0.4, -0.2) is 37.8 Å². The van der Waals surface area contributed by atoms with Crippen LogP contribution in [0.5, 0.6) is 0 Å². The summed E-state index contributed by atoms with van der Waals surface area (Å²) in [5, 5.41) is 12.0. The number of aromatic nitrogens is 2. The number of nitrogens with zero attached hydrogens (tertiary/aromatic N) is 3. The van der Waals surface area contributed by atoms with Crippen LogP contribution in [0.1, 0.15) is 30.8 Å². The largest absolute Gasteiger partial charge is 0.300 e. The molecule has 0 unspecified atom stereocenters. The van der Waals surface area contributed by atoms with Crippen molar-refractivity contribution in [2.24, 2.45) is 5.92 Å². The molecule has 1 aliphatic rings. The lowest BCUT2D eigenvalue weighted by Gasteiger charge is -2.13. The van der Waals surface area contributed by atoms with Gasteiger partial charge in [-0.25, -0.2) is 4.39 Å². The van der Waals surface area contributed by atoms with E-state index in [-0.39, 0.29) is 24.8 Å². The summed E-state index contributed by atoms with van der Waals surface area (Å²) in [5.74, 6) is -0.556. The molecule has 152 valence electrons. The van der Waals surface area contributed by atoms with Gasteiger partial charge in [0.15, 0.2) is 0 Å². The van der Waals surface area contributed by atoms with E-state index < -0.39 is 5.82 Å². The van der Waals surface area contributed by atoms with Crippen LogP contribution in [-0.2, 0) is 16.0 Å². The van der Waals surface area contributed by atoms with Gasteiger partial charge in [0.1, 0.15) is 15.1 Å². The Morgan fingerprint density at radius 1 is 1.34 bits per heavy atom. The number of nitrogens with one attached hydrogen (secondary N) is 1. The minimum Gasteiger partial charge on any atom is -0.300 e. The predicted octanol–water partition coefficient (Wildman–Crippen LogP) is 4.11. The summed E-state index contributed by atoms with van der Waals surface area (Å²) in [6.07, 6.45) is 2.35. The zero-order valence-corrected chi connectivity index (χ0v) is 18.3. The van der Waals surface area contributed by atoms with Crippen molar-refractivity contribution >= 4 is 62.7 Å². The zero-order valence-electron chi connectivity index (χ0n) is 15.8. The minimum atomic E-state index is -0.411. The molecule has 6 nitrogen and oxygen atoms in total. The molecule has 0 radical (unpaired) electrons. The van der Waals surface area contributed by atoms with E-state index in [9.17, 15) is 14.0 Å². The highest BCUT2D eigenvalue weighted by Gasteiger charge is 2.32. The molecule has 1 aliphatic heterocycles. The van der Waals surface area contributed by atoms with E-state index in [0.29, 0.717) is 25.8 Å². The van der Waals surface area contributed by atoms with E-state index in [1.54, 1.807) is 18.2 Å². The molecule has 2 aromatic rings. The van der Waals surface area contributed by atoms with Crippen molar-refractivity contribution in [2.75, 3.05) is 11.9 Å². The Bertz CT molecular complexity index is 974. The van der Waals surface area contributed by atoms with Gasteiger partial charge in [-0.05, 0) is 18.1 Å². The minimum absolute atomic E-state index is 0.0680. The average molecular weight is 451 g/mol.